The van der Waals surface area contributed by atoms with E-state index in [4.69, 9.17) is 0 Å². The fourth-order valence-corrected chi connectivity index (χ4v) is 1.68. The van der Waals surface area contributed by atoms with Crippen molar-refractivity contribution < 1.29 is 4.39 Å². The van der Waals surface area contributed by atoms with Crippen LogP contribution in [0.4, 0.5) is 4.39 Å². The molecule has 2 rings (SSSR count). The Balaban J connectivity index is 2.37. The van der Waals surface area contributed by atoms with Crippen LogP contribution >= 0.6 is 0 Å². The molecule has 1 aliphatic rings. The first kappa shape index (κ1) is 9.91. The van der Waals surface area contributed by atoms with E-state index in [-0.39, 0.29) is 5.83 Å². The molecule has 1 aliphatic carbocycles. The number of hydrogen-bond donors (Lipinski definition) is 0. The molecule has 0 aliphatic heterocycles. The third-order valence-corrected chi connectivity index (χ3v) is 2.57. The molecule has 0 bridgehead atoms. The van der Waals surface area contributed by atoms with E-state index in [1.165, 1.54) is 0 Å². The highest BCUT2D eigenvalue weighted by molar-refractivity contribution is 5.78. The van der Waals surface area contributed by atoms with E-state index in [0.717, 1.165) is 11.1 Å². The quantitative estimate of drug-likeness (QED) is 0.635. The molecule has 0 unspecified atom stereocenters. The molecule has 0 atom stereocenters. The molecule has 0 saturated heterocycles. The van der Waals surface area contributed by atoms with Gasteiger partial charge in [0.15, 0.2) is 0 Å². The molecule has 1 heteroatoms. The predicted molar refractivity (Wildman–Crippen MR) is 62.0 cm³/mol. The molecule has 0 radical (unpaired) electrons. The average Bonchev–Trinajstić information content (AvgIpc) is 2.30. The van der Waals surface area contributed by atoms with Crippen molar-refractivity contribution in [3.8, 4) is 0 Å². The lowest BCUT2D eigenvalue weighted by molar-refractivity contribution is 0.615. The number of hydrogen-bond acceptors (Lipinski definition) is 0. The summed E-state index contributed by atoms with van der Waals surface area (Å²) in [7, 11) is 0. The van der Waals surface area contributed by atoms with Gasteiger partial charge in [-0.15, -0.1) is 0 Å². The fourth-order valence-electron chi connectivity index (χ4n) is 1.68. The van der Waals surface area contributed by atoms with Crippen molar-refractivity contribution in [3.63, 3.8) is 0 Å². The van der Waals surface area contributed by atoms with Gasteiger partial charge in [0.05, 0.1) is 0 Å². The first-order valence-electron chi connectivity index (χ1n) is 5.08. The van der Waals surface area contributed by atoms with E-state index < -0.39 is 0 Å². The van der Waals surface area contributed by atoms with Crippen molar-refractivity contribution in [2.24, 2.45) is 0 Å². The second-order valence-corrected chi connectivity index (χ2v) is 3.56. The minimum absolute atomic E-state index is 0.0446. The number of allylic oxidation sites excluding steroid dienone is 6. The van der Waals surface area contributed by atoms with E-state index >= 15 is 0 Å². The number of halogens is 1. The molecule has 0 spiro atoms. The van der Waals surface area contributed by atoms with Crippen molar-refractivity contribution in [3.05, 3.63) is 65.5 Å². The molecule has 1 aromatic carbocycles. The Bertz CT molecular complexity index is 436. The highest BCUT2D eigenvalue weighted by Crippen LogP contribution is 2.30. The predicted octanol–water partition coefficient (Wildman–Crippen LogP) is 4.27. The summed E-state index contributed by atoms with van der Waals surface area (Å²) < 4.78 is 13.8. The molecule has 0 nitrogen and oxygen atoms in total. The second kappa shape index (κ2) is 4.26. The molecule has 0 amide bonds. The van der Waals surface area contributed by atoms with E-state index in [0.29, 0.717) is 12.0 Å². The van der Waals surface area contributed by atoms with Crippen LogP contribution in [0.25, 0.3) is 5.57 Å². The molecule has 1 aromatic rings. The van der Waals surface area contributed by atoms with Gasteiger partial charge in [-0.3, -0.25) is 0 Å². The minimum Gasteiger partial charge on any atom is -0.211 e. The van der Waals surface area contributed by atoms with Crippen molar-refractivity contribution in [1.82, 2.24) is 0 Å². The molecular formula is C14H13F. The largest absolute Gasteiger partial charge is 0.211 e. The zero-order chi connectivity index (χ0) is 10.7. The zero-order valence-electron chi connectivity index (χ0n) is 8.70. The lowest BCUT2D eigenvalue weighted by atomic mass is 9.96. The van der Waals surface area contributed by atoms with E-state index in [2.05, 4.69) is 0 Å². The van der Waals surface area contributed by atoms with Gasteiger partial charge < -0.3 is 0 Å². The average molecular weight is 200 g/mol. The smallest absolute Gasteiger partial charge is 0.112 e. The topological polar surface area (TPSA) is 0 Å². The number of benzene rings is 1. The summed E-state index contributed by atoms with van der Waals surface area (Å²) in [6, 6.07) is 9.65. The van der Waals surface area contributed by atoms with Crippen molar-refractivity contribution in [2.75, 3.05) is 0 Å². The summed E-state index contributed by atoms with van der Waals surface area (Å²) in [5.74, 6) is -0.0446. The molecule has 0 aromatic heterocycles. The summed E-state index contributed by atoms with van der Waals surface area (Å²) in [5, 5.41) is 0. The SMILES string of the molecule is CC=C1C=CC(c2ccccc2)=C(F)C1. The van der Waals surface area contributed by atoms with Crippen LogP contribution in [0.1, 0.15) is 18.9 Å². The van der Waals surface area contributed by atoms with E-state index in [1.807, 2.05) is 55.5 Å². The normalized spacial score (nSPS) is 18.7. The molecule has 76 valence electrons. The second-order valence-electron chi connectivity index (χ2n) is 3.56. The Morgan fingerprint density at radius 2 is 1.87 bits per heavy atom. The standard InChI is InChI=1S/C14H13F/c1-2-11-8-9-13(14(15)10-11)12-6-4-3-5-7-12/h2-9H,10H2,1H3. The lowest BCUT2D eigenvalue weighted by Crippen LogP contribution is -1.93. The van der Waals surface area contributed by atoms with Gasteiger partial charge in [-0.05, 0) is 18.1 Å². The maximum Gasteiger partial charge on any atom is 0.112 e. The lowest BCUT2D eigenvalue weighted by Gasteiger charge is -2.11. The van der Waals surface area contributed by atoms with E-state index in [9.17, 15) is 4.39 Å². The molecule has 0 saturated carbocycles. The van der Waals surface area contributed by atoms with Gasteiger partial charge in [0, 0.05) is 12.0 Å². The van der Waals surface area contributed by atoms with Crippen LogP contribution in [-0.2, 0) is 0 Å². The minimum atomic E-state index is -0.0446. The first-order valence-corrected chi connectivity index (χ1v) is 5.08. The summed E-state index contributed by atoms with van der Waals surface area (Å²) >= 11 is 0. The van der Waals surface area contributed by atoms with Gasteiger partial charge in [-0.1, -0.05) is 48.6 Å². The summed E-state index contributed by atoms with van der Waals surface area (Å²) in [6.07, 6.45) is 6.18. The monoisotopic (exact) mass is 200 g/mol. The van der Waals surface area contributed by atoms with Gasteiger partial charge in [0.2, 0.25) is 0 Å². The molecule has 0 heterocycles. The maximum absolute atomic E-state index is 13.8. The van der Waals surface area contributed by atoms with Crippen LogP contribution in [0.2, 0.25) is 0 Å². The van der Waals surface area contributed by atoms with Gasteiger partial charge in [0.1, 0.15) is 5.83 Å². The molecule has 0 N–H and O–H groups in total. The first-order chi connectivity index (χ1) is 7.31. The zero-order valence-corrected chi connectivity index (χ0v) is 8.70. The third-order valence-electron chi connectivity index (χ3n) is 2.57. The third kappa shape index (κ3) is 2.07. The van der Waals surface area contributed by atoms with Gasteiger partial charge in [-0.2, -0.15) is 0 Å². The summed E-state index contributed by atoms with van der Waals surface area (Å²) in [4.78, 5) is 0. The van der Waals surface area contributed by atoms with Crippen molar-refractivity contribution in [2.45, 2.75) is 13.3 Å². The van der Waals surface area contributed by atoms with Crippen LogP contribution in [0, 0.1) is 0 Å². The Labute approximate surface area is 89.4 Å². The molecule has 15 heavy (non-hydrogen) atoms. The highest BCUT2D eigenvalue weighted by Gasteiger charge is 2.11. The Morgan fingerprint density at radius 3 is 2.47 bits per heavy atom. The fraction of sp³-hybridized carbons (Fsp3) is 0.143. The van der Waals surface area contributed by atoms with Crippen molar-refractivity contribution in [1.29, 1.82) is 0 Å². The Morgan fingerprint density at radius 1 is 1.13 bits per heavy atom. The highest BCUT2D eigenvalue weighted by atomic mass is 19.1. The molecule has 0 fully saturated rings. The van der Waals surface area contributed by atoms with Gasteiger partial charge in [-0.25, -0.2) is 4.39 Å². The Hall–Kier alpha value is -1.63. The van der Waals surface area contributed by atoms with Crippen LogP contribution in [-0.4, -0.2) is 0 Å². The van der Waals surface area contributed by atoms with Crippen LogP contribution in [0.5, 0.6) is 0 Å². The summed E-state index contributed by atoms with van der Waals surface area (Å²) in [6.45, 7) is 1.93. The van der Waals surface area contributed by atoms with E-state index in [1.54, 1.807) is 0 Å². The Kier molecular flexibility index (Phi) is 2.82. The van der Waals surface area contributed by atoms with Gasteiger partial charge >= 0.3 is 0 Å². The van der Waals surface area contributed by atoms with Crippen LogP contribution in [0.3, 0.4) is 0 Å². The summed E-state index contributed by atoms with van der Waals surface area (Å²) in [5.41, 5.74) is 2.69. The molecular weight excluding hydrogens is 187 g/mol. The maximum atomic E-state index is 13.8. The number of rotatable bonds is 1. The van der Waals surface area contributed by atoms with Crippen LogP contribution in [0.15, 0.2) is 60.0 Å². The van der Waals surface area contributed by atoms with Gasteiger partial charge in [0.25, 0.3) is 0 Å². The van der Waals surface area contributed by atoms with Crippen LogP contribution < -0.4 is 0 Å². The van der Waals surface area contributed by atoms with Crippen molar-refractivity contribution >= 4 is 5.57 Å².